The van der Waals surface area contributed by atoms with Crippen molar-refractivity contribution in [2.24, 2.45) is 11.7 Å². The Balaban J connectivity index is 1.81. The summed E-state index contributed by atoms with van der Waals surface area (Å²) in [4.78, 5) is 2.56. The minimum absolute atomic E-state index is 0.465. The van der Waals surface area contributed by atoms with Gasteiger partial charge in [-0.25, -0.2) is 0 Å². The van der Waals surface area contributed by atoms with Crippen molar-refractivity contribution in [3.63, 3.8) is 0 Å². The zero-order valence-corrected chi connectivity index (χ0v) is 11.6. The molecule has 0 aromatic rings. The number of likely N-dealkylation sites (tertiary alicyclic amines) is 1. The second-order valence-electron chi connectivity index (χ2n) is 5.47. The van der Waals surface area contributed by atoms with Crippen molar-refractivity contribution in [3.8, 4) is 0 Å². The van der Waals surface area contributed by atoms with Crippen molar-refractivity contribution >= 4 is 0 Å². The van der Waals surface area contributed by atoms with E-state index in [1.54, 1.807) is 0 Å². The molecule has 0 saturated carbocycles. The Kier molecular flexibility index (Phi) is 5.89. The van der Waals surface area contributed by atoms with Gasteiger partial charge in [-0.3, -0.25) is 4.90 Å². The Labute approximate surface area is 111 Å². The summed E-state index contributed by atoms with van der Waals surface area (Å²) in [5.41, 5.74) is 6.00. The Bertz CT molecular complexity index is 224. The molecule has 2 rings (SSSR count). The standard InChI is InChI=1S/C14H28N2O2/c1-2-18-13-5-7-16(8-6-13)14(10-15)12-4-3-9-17-11-12/h12-14H,2-11,15H2,1H3. The van der Waals surface area contributed by atoms with Gasteiger partial charge in [0.15, 0.2) is 0 Å². The van der Waals surface area contributed by atoms with Gasteiger partial charge in [-0.15, -0.1) is 0 Å². The first-order valence-corrected chi connectivity index (χ1v) is 7.48. The molecule has 0 aromatic carbocycles. The second kappa shape index (κ2) is 7.43. The summed E-state index contributed by atoms with van der Waals surface area (Å²) in [7, 11) is 0. The van der Waals surface area contributed by atoms with Crippen LogP contribution in [0.4, 0.5) is 0 Å². The summed E-state index contributed by atoms with van der Waals surface area (Å²) >= 11 is 0. The number of nitrogens with two attached hydrogens (primary N) is 1. The highest BCUT2D eigenvalue weighted by molar-refractivity contribution is 4.85. The van der Waals surface area contributed by atoms with Crippen molar-refractivity contribution in [3.05, 3.63) is 0 Å². The first-order chi connectivity index (χ1) is 8.85. The monoisotopic (exact) mass is 256 g/mol. The van der Waals surface area contributed by atoms with Gasteiger partial charge in [-0.2, -0.15) is 0 Å². The maximum absolute atomic E-state index is 6.00. The van der Waals surface area contributed by atoms with E-state index in [1.807, 2.05) is 0 Å². The average Bonchev–Trinajstić information content (AvgIpc) is 2.43. The van der Waals surface area contributed by atoms with Crippen LogP contribution >= 0.6 is 0 Å². The Morgan fingerprint density at radius 2 is 2.11 bits per heavy atom. The SMILES string of the molecule is CCOC1CCN(C(CN)C2CCCOC2)CC1. The van der Waals surface area contributed by atoms with Gasteiger partial charge in [-0.1, -0.05) is 0 Å². The van der Waals surface area contributed by atoms with Gasteiger partial charge in [0.25, 0.3) is 0 Å². The molecular weight excluding hydrogens is 228 g/mol. The van der Waals surface area contributed by atoms with Crippen LogP contribution in [0.15, 0.2) is 0 Å². The van der Waals surface area contributed by atoms with E-state index in [4.69, 9.17) is 15.2 Å². The topological polar surface area (TPSA) is 47.7 Å². The number of nitrogens with zero attached hydrogens (tertiary/aromatic N) is 1. The highest BCUT2D eigenvalue weighted by atomic mass is 16.5. The highest BCUT2D eigenvalue weighted by Crippen LogP contribution is 2.24. The number of ether oxygens (including phenoxy) is 2. The van der Waals surface area contributed by atoms with Gasteiger partial charge in [0.1, 0.15) is 0 Å². The van der Waals surface area contributed by atoms with Crippen molar-refractivity contribution in [2.75, 3.05) is 39.5 Å². The van der Waals surface area contributed by atoms with E-state index >= 15 is 0 Å². The van der Waals surface area contributed by atoms with E-state index in [0.29, 0.717) is 18.1 Å². The average molecular weight is 256 g/mol. The largest absolute Gasteiger partial charge is 0.381 e. The number of hydrogen-bond donors (Lipinski definition) is 1. The predicted octanol–water partition coefficient (Wildman–Crippen LogP) is 1.24. The Hall–Kier alpha value is -0.160. The number of rotatable bonds is 5. The first-order valence-electron chi connectivity index (χ1n) is 7.48. The van der Waals surface area contributed by atoms with Crippen LogP contribution in [-0.4, -0.2) is 56.5 Å². The summed E-state index contributed by atoms with van der Waals surface area (Å²) in [5.74, 6) is 0.632. The summed E-state index contributed by atoms with van der Waals surface area (Å²) < 4.78 is 11.3. The zero-order chi connectivity index (χ0) is 12.8. The maximum Gasteiger partial charge on any atom is 0.0599 e. The molecule has 4 nitrogen and oxygen atoms in total. The molecule has 2 atom stereocenters. The predicted molar refractivity (Wildman–Crippen MR) is 72.6 cm³/mol. The van der Waals surface area contributed by atoms with Gasteiger partial charge < -0.3 is 15.2 Å². The molecule has 2 fully saturated rings. The lowest BCUT2D eigenvalue weighted by molar-refractivity contribution is -0.0254. The van der Waals surface area contributed by atoms with Crippen LogP contribution in [0, 0.1) is 5.92 Å². The van der Waals surface area contributed by atoms with Crippen molar-refractivity contribution in [1.29, 1.82) is 0 Å². The molecule has 0 aromatic heterocycles. The Morgan fingerprint density at radius 3 is 2.67 bits per heavy atom. The number of piperidine rings is 1. The van der Waals surface area contributed by atoms with Crippen LogP contribution in [0.1, 0.15) is 32.6 Å². The van der Waals surface area contributed by atoms with Crippen LogP contribution in [0.5, 0.6) is 0 Å². The molecular formula is C14H28N2O2. The third-order valence-corrected chi connectivity index (χ3v) is 4.33. The second-order valence-corrected chi connectivity index (χ2v) is 5.47. The van der Waals surface area contributed by atoms with Crippen LogP contribution in [0.2, 0.25) is 0 Å². The fraction of sp³-hybridized carbons (Fsp3) is 1.00. The summed E-state index contributed by atoms with van der Waals surface area (Å²) in [6.45, 7) is 7.75. The van der Waals surface area contributed by atoms with Gasteiger partial charge in [-0.05, 0) is 38.5 Å². The third kappa shape index (κ3) is 3.67. The molecule has 2 aliphatic heterocycles. The maximum atomic E-state index is 6.00. The fourth-order valence-electron chi connectivity index (χ4n) is 3.32. The van der Waals surface area contributed by atoms with Crippen molar-refractivity contribution in [2.45, 2.75) is 44.8 Å². The molecule has 106 valence electrons. The molecule has 2 saturated heterocycles. The van der Waals surface area contributed by atoms with Crippen molar-refractivity contribution < 1.29 is 9.47 Å². The molecule has 0 aliphatic carbocycles. The lowest BCUT2D eigenvalue weighted by Crippen LogP contribution is -2.51. The summed E-state index contributed by atoms with van der Waals surface area (Å²) in [6.07, 6.45) is 5.23. The summed E-state index contributed by atoms with van der Waals surface area (Å²) in [6, 6.07) is 0.507. The molecule has 0 amide bonds. The molecule has 18 heavy (non-hydrogen) atoms. The Morgan fingerprint density at radius 1 is 1.33 bits per heavy atom. The molecule has 2 N–H and O–H groups in total. The van der Waals surface area contributed by atoms with E-state index in [0.717, 1.165) is 52.3 Å². The lowest BCUT2D eigenvalue weighted by Gasteiger charge is -2.41. The van der Waals surface area contributed by atoms with Crippen molar-refractivity contribution in [1.82, 2.24) is 4.90 Å². The molecule has 0 spiro atoms. The fourth-order valence-corrected chi connectivity index (χ4v) is 3.32. The molecule has 0 bridgehead atoms. The van der Waals surface area contributed by atoms with E-state index < -0.39 is 0 Å². The smallest absolute Gasteiger partial charge is 0.0599 e. The quantitative estimate of drug-likeness (QED) is 0.804. The molecule has 2 aliphatic rings. The van der Waals surface area contributed by atoms with Gasteiger partial charge in [0.2, 0.25) is 0 Å². The third-order valence-electron chi connectivity index (χ3n) is 4.33. The highest BCUT2D eigenvalue weighted by Gasteiger charge is 2.31. The minimum Gasteiger partial charge on any atom is -0.381 e. The van der Waals surface area contributed by atoms with Crippen LogP contribution in [-0.2, 0) is 9.47 Å². The minimum atomic E-state index is 0.465. The van der Waals surface area contributed by atoms with Crippen LogP contribution in [0.25, 0.3) is 0 Å². The van der Waals surface area contributed by atoms with Crippen LogP contribution in [0.3, 0.4) is 0 Å². The van der Waals surface area contributed by atoms with E-state index in [-0.39, 0.29) is 0 Å². The van der Waals surface area contributed by atoms with Gasteiger partial charge >= 0.3 is 0 Å². The molecule has 2 unspecified atom stereocenters. The molecule has 2 heterocycles. The van der Waals surface area contributed by atoms with E-state index in [2.05, 4.69) is 11.8 Å². The normalized spacial score (nSPS) is 29.3. The molecule has 4 heteroatoms. The number of hydrogen-bond acceptors (Lipinski definition) is 4. The van der Waals surface area contributed by atoms with Gasteiger partial charge in [0, 0.05) is 38.9 Å². The molecule has 0 radical (unpaired) electrons. The zero-order valence-electron chi connectivity index (χ0n) is 11.6. The van der Waals surface area contributed by atoms with E-state index in [1.165, 1.54) is 12.8 Å². The lowest BCUT2D eigenvalue weighted by atomic mass is 9.91. The van der Waals surface area contributed by atoms with Crippen LogP contribution < -0.4 is 5.73 Å². The van der Waals surface area contributed by atoms with Gasteiger partial charge in [0.05, 0.1) is 12.7 Å². The first kappa shape index (κ1) is 14.3. The van der Waals surface area contributed by atoms with E-state index in [9.17, 15) is 0 Å². The summed E-state index contributed by atoms with van der Waals surface area (Å²) in [5, 5.41) is 0.